The van der Waals surface area contributed by atoms with E-state index in [1.807, 2.05) is 6.92 Å². The van der Waals surface area contributed by atoms with Crippen molar-refractivity contribution in [1.29, 1.82) is 0 Å². The van der Waals surface area contributed by atoms with Crippen LogP contribution in [0.1, 0.15) is 37.3 Å². The summed E-state index contributed by atoms with van der Waals surface area (Å²) in [7, 11) is 0. The molecule has 4 heteroatoms. The first-order chi connectivity index (χ1) is 9.47. The standard InChI is InChI=1S/C16H22BrNO2/c1-3-16(15(19)20)7-4-8-18(11-16)10-13-6-5-12(2)9-14(13)17/h5-6,9H,3-4,7-8,10-11H2,1-2H3,(H,19,20). The molecule has 1 heterocycles. The van der Waals surface area contributed by atoms with Crippen LogP contribution in [-0.2, 0) is 11.3 Å². The Morgan fingerprint density at radius 1 is 1.50 bits per heavy atom. The minimum atomic E-state index is -0.646. The molecule has 0 aromatic heterocycles. The molecule has 1 aliphatic heterocycles. The van der Waals surface area contributed by atoms with Crippen molar-refractivity contribution in [2.45, 2.75) is 39.7 Å². The van der Waals surface area contributed by atoms with Gasteiger partial charge in [-0.05, 0) is 49.9 Å². The Morgan fingerprint density at radius 3 is 2.85 bits per heavy atom. The third kappa shape index (κ3) is 3.23. The van der Waals surface area contributed by atoms with Crippen LogP contribution in [0.2, 0.25) is 0 Å². The zero-order chi connectivity index (χ0) is 14.8. The number of benzene rings is 1. The molecule has 2 rings (SSSR count). The summed E-state index contributed by atoms with van der Waals surface area (Å²) >= 11 is 3.61. The first kappa shape index (κ1) is 15.5. The molecule has 0 aliphatic carbocycles. The topological polar surface area (TPSA) is 40.5 Å². The number of piperidine rings is 1. The third-order valence-corrected chi connectivity index (χ3v) is 5.13. The molecule has 110 valence electrons. The molecular formula is C16H22BrNO2. The van der Waals surface area contributed by atoms with Gasteiger partial charge >= 0.3 is 5.97 Å². The van der Waals surface area contributed by atoms with Gasteiger partial charge in [0.1, 0.15) is 0 Å². The Labute approximate surface area is 129 Å². The van der Waals surface area contributed by atoms with Crippen LogP contribution < -0.4 is 0 Å². The number of hydrogen-bond donors (Lipinski definition) is 1. The molecule has 0 bridgehead atoms. The summed E-state index contributed by atoms with van der Waals surface area (Å²) in [5.41, 5.74) is 1.90. The Bertz CT molecular complexity index is 503. The van der Waals surface area contributed by atoms with Crippen molar-refractivity contribution < 1.29 is 9.90 Å². The van der Waals surface area contributed by atoms with Crippen LogP contribution in [-0.4, -0.2) is 29.1 Å². The lowest BCUT2D eigenvalue weighted by molar-refractivity contribution is -0.153. The first-order valence-electron chi connectivity index (χ1n) is 7.17. The number of carboxylic acids is 1. The number of hydrogen-bond acceptors (Lipinski definition) is 2. The van der Waals surface area contributed by atoms with Crippen molar-refractivity contribution in [3.8, 4) is 0 Å². The number of likely N-dealkylation sites (tertiary alicyclic amines) is 1. The average Bonchev–Trinajstić information content (AvgIpc) is 2.42. The number of nitrogens with zero attached hydrogens (tertiary/aromatic N) is 1. The van der Waals surface area contributed by atoms with E-state index in [0.29, 0.717) is 13.0 Å². The smallest absolute Gasteiger partial charge is 0.310 e. The van der Waals surface area contributed by atoms with E-state index in [4.69, 9.17) is 0 Å². The number of rotatable bonds is 4. The molecule has 0 amide bonds. The molecule has 0 spiro atoms. The van der Waals surface area contributed by atoms with Gasteiger partial charge < -0.3 is 5.11 Å². The van der Waals surface area contributed by atoms with Crippen LogP contribution in [0.25, 0.3) is 0 Å². The molecule has 1 aliphatic rings. The molecule has 1 unspecified atom stereocenters. The van der Waals surface area contributed by atoms with E-state index < -0.39 is 11.4 Å². The van der Waals surface area contributed by atoms with Crippen LogP contribution in [0, 0.1) is 12.3 Å². The Morgan fingerprint density at radius 2 is 2.25 bits per heavy atom. The maximum absolute atomic E-state index is 11.6. The molecule has 1 N–H and O–H groups in total. The highest BCUT2D eigenvalue weighted by Crippen LogP contribution is 2.34. The number of aliphatic carboxylic acids is 1. The average molecular weight is 340 g/mol. The minimum absolute atomic E-state index is 0.560. The van der Waals surface area contributed by atoms with Crippen molar-refractivity contribution in [2.24, 2.45) is 5.41 Å². The summed E-state index contributed by atoms with van der Waals surface area (Å²) in [6.45, 7) is 6.51. The van der Waals surface area contributed by atoms with E-state index in [9.17, 15) is 9.90 Å². The van der Waals surface area contributed by atoms with Crippen LogP contribution in [0.4, 0.5) is 0 Å². The molecule has 0 radical (unpaired) electrons. The van der Waals surface area contributed by atoms with Crippen molar-refractivity contribution in [1.82, 2.24) is 4.90 Å². The highest BCUT2D eigenvalue weighted by atomic mass is 79.9. The summed E-state index contributed by atoms with van der Waals surface area (Å²) in [6, 6.07) is 6.35. The molecule has 1 saturated heterocycles. The van der Waals surface area contributed by atoms with Gasteiger partial charge in [-0.25, -0.2) is 0 Å². The highest BCUT2D eigenvalue weighted by Gasteiger charge is 2.40. The first-order valence-corrected chi connectivity index (χ1v) is 7.97. The zero-order valence-electron chi connectivity index (χ0n) is 12.2. The lowest BCUT2D eigenvalue weighted by Gasteiger charge is -2.39. The van der Waals surface area contributed by atoms with Crippen LogP contribution in [0.15, 0.2) is 22.7 Å². The molecule has 20 heavy (non-hydrogen) atoms. The van der Waals surface area contributed by atoms with Crippen LogP contribution in [0.5, 0.6) is 0 Å². The molecular weight excluding hydrogens is 318 g/mol. The fourth-order valence-corrected chi connectivity index (χ4v) is 3.62. The van der Waals surface area contributed by atoms with Gasteiger partial charge in [0.15, 0.2) is 0 Å². The van der Waals surface area contributed by atoms with E-state index in [2.05, 4.69) is 46.0 Å². The van der Waals surface area contributed by atoms with E-state index in [1.54, 1.807) is 0 Å². The number of carbonyl (C=O) groups is 1. The zero-order valence-corrected chi connectivity index (χ0v) is 13.7. The second-order valence-corrected chi connectivity index (χ2v) is 6.70. The maximum atomic E-state index is 11.6. The van der Waals surface area contributed by atoms with E-state index in [-0.39, 0.29) is 0 Å². The normalized spacial score (nSPS) is 23.8. The Kier molecular flexibility index (Phi) is 4.86. The predicted octanol–water partition coefficient (Wildman–Crippen LogP) is 3.83. The lowest BCUT2D eigenvalue weighted by Crippen LogP contribution is -2.47. The second-order valence-electron chi connectivity index (χ2n) is 5.85. The quantitative estimate of drug-likeness (QED) is 0.906. The molecule has 1 aromatic carbocycles. The second kappa shape index (κ2) is 6.27. The molecule has 0 saturated carbocycles. The number of aryl methyl sites for hydroxylation is 1. The minimum Gasteiger partial charge on any atom is -0.481 e. The summed E-state index contributed by atoms with van der Waals surface area (Å²) in [5, 5.41) is 9.53. The fraction of sp³-hybridized carbons (Fsp3) is 0.562. The van der Waals surface area contributed by atoms with Crippen molar-refractivity contribution in [3.63, 3.8) is 0 Å². The lowest BCUT2D eigenvalue weighted by atomic mass is 9.77. The highest BCUT2D eigenvalue weighted by molar-refractivity contribution is 9.10. The van der Waals surface area contributed by atoms with Crippen molar-refractivity contribution in [2.75, 3.05) is 13.1 Å². The summed E-state index contributed by atoms with van der Waals surface area (Å²) < 4.78 is 1.11. The molecule has 1 atom stereocenters. The summed E-state index contributed by atoms with van der Waals surface area (Å²) in [5.74, 6) is -0.646. The van der Waals surface area contributed by atoms with Gasteiger partial charge in [0.25, 0.3) is 0 Å². The maximum Gasteiger partial charge on any atom is 0.310 e. The predicted molar refractivity (Wildman–Crippen MR) is 83.7 cm³/mol. The largest absolute Gasteiger partial charge is 0.481 e. The van der Waals surface area contributed by atoms with Crippen LogP contribution in [0.3, 0.4) is 0 Å². The molecule has 1 aromatic rings. The van der Waals surface area contributed by atoms with E-state index in [1.165, 1.54) is 11.1 Å². The SMILES string of the molecule is CCC1(C(=O)O)CCCN(Cc2ccc(C)cc2Br)C1. The van der Waals surface area contributed by atoms with Crippen LogP contribution >= 0.6 is 15.9 Å². The molecule has 3 nitrogen and oxygen atoms in total. The van der Waals surface area contributed by atoms with Gasteiger partial charge in [-0.15, -0.1) is 0 Å². The summed E-state index contributed by atoms with van der Waals surface area (Å²) in [6.07, 6.45) is 2.46. The van der Waals surface area contributed by atoms with Gasteiger partial charge in [-0.3, -0.25) is 9.69 Å². The van der Waals surface area contributed by atoms with Crippen molar-refractivity contribution in [3.05, 3.63) is 33.8 Å². The van der Waals surface area contributed by atoms with E-state index >= 15 is 0 Å². The Hall–Kier alpha value is -0.870. The Balaban J connectivity index is 2.11. The van der Waals surface area contributed by atoms with Gasteiger partial charge in [0.2, 0.25) is 0 Å². The van der Waals surface area contributed by atoms with Gasteiger partial charge in [0.05, 0.1) is 5.41 Å². The molecule has 1 fully saturated rings. The van der Waals surface area contributed by atoms with Gasteiger partial charge in [-0.2, -0.15) is 0 Å². The van der Waals surface area contributed by atoms with Crippen molar-refractivity contribution >= 4 is 21.9 Å². The number of carboxylic acid groups (broad SMARTS) is 1. The monoisotopic (exact) mass is 339 g/mol. The summed E-state index contributed by atoms with van der Waals surface area (Å²) in [4.78, 5) is 13.9. The third-order valence-electron chi connectivity index (χ3n) is 4.39. The van der Waals surface area contributed by atoms with E-state index in [0.717, 1.165) is 30.4 Å². The van der Waals surface area contributed by atoms with Gasteiger partial charge in [-0.1, -0.05) is 35.0 Å². The number of halogens is 1. The van der Waals surface area contributed by atoms with Gasteiger partial charge in [0, 0.05) is 17.6 Å². The fourth-order valence-electron chi connectivity index (χ4n) is 3.00.